The van der Waals surface area contributed by atoms with Crippen LogP contribution in [0.15, 0.2) is 54.6 Å². The number of ether oxygens (including phenoxy) is 2. The third-order valence-electron chi connectivity index (χ3n) is 4.35. The molecule has 27 heavy (non-hydrogen) atoms. The standard InChI is InChI=1S/C20H21FN2O4/c1-22-20(25)18-11-17(27-16-5-3-2-4-6-16)12-23(18)19(24)13-26-15-9-7-14(21)8-10-15/h2-10,17-18H,11-13H2,1H3,(H,22,25). The number of nitrogens with zero attached hydrogens (tertiary/aromatic N) is 1. The molecule has 1 aliphatic rings. The zero-order valence-corrected chi connectivity index (χ0v) is 14.9. The van der Waals surface area contributed by atoms with E-state index in [1.54, 1.807) is 0 Å². The summed E-state index contributed by atoms with van der Waals surface area (Å²) in [6.45, 7) is 0.0514. The molecule has 1 fully saturated rings. The van der Waals surface area contributed by atoms with Crippen molar-refractivity contribution in [3.8, 4) is 11.5 Å². The highest BCUT2D eigenvalue weighted by Crippen LogP contribution is 2.23. The van der Waals surface area contributed by atoms with E-state index in [4.69, 9.17) is 9.47 Å². The molecule has 2 aromatic carbocycles. The van der Waals surface area contributed by atoms with Crippen molar-refractivity contribution in [2.24, 2.45) is 0 Å². The number of halogens is 1. The van der Waals surface area contributed by atoms with Crippen LogP contribution < -0.4 is 14.8 Å². The number of hydrogen-bond acceptors (Lipinski definition) is 4. The fourth-order valence-electron chi connectivity index (χ4n) is 3.02. The molecule has 0 aromatic heterocycles. The topological polar surface area (TPSA) is 67.9 Å². The minimum Gasteiger partial charge on any atom is -0.488 e. The summed E-state index contributed by atoms with van der Waals surface area (Å²) < 4.78 is 24.3. The van der Waals surface area contributed by atoms with Crippen molar-refractivity contribution in [2.75, 3.05) is 20.2 Å². The fraction of sp³-hybridized carbons (Fsp3) is 0.300. The molecule has 2 unspecified atom stereocenters. The van der Waals surface area contributed by atoms with Gasteiger partial charge in [0.25, 0.3) is 5.91 Å². The van der Waals surface area contributed by atoms with Crippen LogP contribution in [-0.4, -0.2) is 49.1 Å². The second kappa shape index (κ2) is 8.53. The summed E-state index contributed by atoms with van der Waals surface area (Å²) in [6.07, 6.45) is 0.112. The monoisotopic (exact) mass is 372 g/mol. The highest BCUT2D eigenvalue weighted by molar-refractivity contribution is 5.88. The van der Waals surface area contributed by atoms with Gasteiger partial charge in [0.15, 0.2) is 6.61 Å². The Labute approximate surface area is 156 Å². The first kappa shape index (κ1) is 18.7. The maximum absolute atomic E-state index is 12.9. The van der Waals surface area contributed by atoms with Crippen LogP contribution in [0.4, 0.5) is 4.39 Å². The van der Waals surface area contributed by atoms with Crippen molar-refractivity contribution < 1.29 is 23.5 Å². The minimum atomic E-state index is -0.618. The predicted molar refractivity (Wildman–Crippen MR) is 96.9 cm³/mol. The number of rotatable bonds is 6. The molecule has 2 atom stereocenters. The van der Waals surface area contributed by atoms with Crippen LogP contribution in [0.2, 0.25) is 0 Å². The summed E-state index contributed by atoms with van der Waals surface area (Å²) in [5.41, 5.74) is 0. The number of benzene rings is 2. The average Bonchev–Trinajstić information content (AvgIpc) is 3.11. The first-order valence-electron chi connectivity index (χ1n) is 8.68. The molecule has 2 amide bonds. The van der Waals surface area contributed by atoms with E-state index in [1.807, 2.05) is 30.3 Å². The number of nitrogens with one attached hydrogen (secondary N) is 1. The second-order valence-electron chi connectivity index (χ2n) is 6.21. The lowest BCUT2D eigenvalue weighted by Crippen LogP contribution is -2.46. The summed E-state index contributed by atoms with van der Waals surface area (Å²) >= 11 is 0. The van der Waals surface area contributed by atoms with Crippen LogP contribution in [0.25, 0.3) is 0 Å². The molecule has 2 aromatic rings. The molecule has 1 heterocycles. The Morgan fingerprint density at radius 3 is 2.48 bits per heavy atom. The third-order valence-corrected chi connectivity index (χ3v) is 4.35. The Bertz CT molecular complexity index is 782. The molecular formula is C20H21FN2O4. The van der Waals surface area contributed by atoms with Gasteiger partial charge in [0, 0.05) is 13.5 Å². The summed E-state index contributed by atoms with van der Waals surface area (Å²) in [5.74, 6) is 0.123. The maximum Gasteiger partial charge on any atom is 0.261 e. The van der Waals surface area contributed by atoms with E-state index < -0.39 is 6.04 Å². The van der Waals surface area contributed by atoms with Crippen LogP contribution in [-0.2, 0) is 9.59 Å². The first-order chi connectivity index (χ1) is 13.1. The maximum atomic E-state index is 12.9. The van der Waals surface area contributed by atoms with Crippen molar-refractivity contribution in [1.29, 1.82) is 0 Å². The molecule has 0 radical (unpaired) electrons. The highest BCUT2D eigenvalue weighted by atomic mass is 19.1. The molecule has 1 aliphatic heterocycles. The quantitative estimate of drug-likeness (QED) is 0.842. The molecule has 7 heteroatoms. The fourth-order valence-corrected chi connectivity index (χ4v) is 3.02. The van der Waals surface area contributed by atoms with Gasteiger partial charge in [-0.15, -0.1) is 0 Å². The Kier molecular flexibility index (Phi) is 5.90. The van der Waals surface area contributed by atoms with Gasteiger partial charge in [-0.2, -0.15) is 0 Å². The zero-order valence-electron chi connectivity index (χ0n) is 14.9. The van der Waals surface area contributed by atoms with Crippen molar-refractivity contribution in [1.82, 2.24) is 10.2 Å². The van der Waals surface area contributed by atoms with E-state index in [-0.39, 0.29) is 30.3 Å². The molecule has 142 valence electrons. The van der Waals surface area contributed by atoms with E-state index in [2.05, 4.69) is 5.32 Å². The number of carbonyl (C=O) groups excluding carboxylic acids is 2. The minimum absolute atomic E-state index is 0.239. The van der Waals surface area contributed by atoms with Crippen molar-refractivity contribution in [3.63, 3.8) is 0 Å². The Morgan fingerprint density at radius 1 is 1.11 bits per heavy atom. The van der Waals surface area contributed by atoms with Gasteiger partial charge in [0.1, 0.15) is 29.5 Å². The molecule has 0 saturated carbocycles. The van der Waals surface area contributed by atoms with Gasteiger partial charge in [-0.1, -0.05) is 18.2 Å². The van der Waals surface area contributed by atoms with E-state index in [9.17, 15) is 14.0 Å². The second-order valence-corrected chi connectivity index (χ2v) is 6.21. The zero-order chi connectivity index (χ0) is 19.2. The SMILES string of the molecule is CNC(=O)C1CC(Oc2ccccc2)CN1C(=O)COc1ccc(F)cc1. The molecule has 0 spiro atoms. The van der Waals surface area contributed by atoms with Crippen LogP contribution in [0, 0.1) is 5.82 Å². The van der Waals surface area contributed by atoms with E-state index in [0.717, 1.165) is 0 Å². The van der Waals surface area contributed by atoms with Crippen LogP contribution in [0.3, 0.4) is 0 Å². The number of para-hydroxylation sites is 1. The lowest BCUT2D eigenvalue weighted by molar-refractivity contribution is -0.139. The molecule has 0 bridgehead atoms. The summed E-state index contributed by atoms with van der Waals surface area (Å²) in [6, 6.07) is 14.1. The van der Waals surface area contributed by atoms with Crippen LogP contribution in [0.5, 0.6) is 11.5 Å². The number of likely N-dealkylation sites (tertiary alicyclic amines) is 1. The number of carbonyl (C=O) groups is 2. The normalized spacial score (nSPS) is 18.8. The van der Waals surface area contributed by atoms with Gasteiger partial charge in [-0.3, -0.25) is 9.59 Å². The average molecular weight is 372 g/mol. The van der Waals surface area contributed by atoms with E-state index in [0.29, 0.717) is 24.5 Å². The summed E-state index contributed by atoms with van der Waals surface area (Å²) in [4.78, 5) is 26.3. The number of amides is 2. The van der Waals surface area contributed by atoms with Crippen molar-refractivity contribution >= 4 is 11.8 Å². The summed E-state index contributed by atoms with van der Waals surface area (Å²) in [5, 5.41) is 2.59. The Balaban J connectivity index is 1.64. The third kappa shape index (κ3) is 4.75. The lowest BCUT2D eigenvalue weighted by atomic mass is 10.2. The highest BCUT2D eigenvalue weighted by Gasteiger charge is 2.40. The number of likely N-dealkylation sites (N-methyl/N-ethyl adjacent to an activating group) is 1. The predicted octanol–water partition coefficient (Wildman–Crippen LogP) is 2.00. The van der Waals surface area contributed by atoms with Gasteiger partial charge in [-0.25, -0.2) is 4.39 Å². The molecule has 0 aliphatic carbocycles. The van der Waals surface area contributed by atoms with Crippen LogP contribution >= 0.6 is 0 Å². The largest absolute Gasteiger partial charge is 0.488 e. The first-order valence-corrected chi connectivity index (χ1v) is 8.68. The Morgan fingerprint density at radius 2 is 1.81 bits per heavy atom. The van der Waals surface area contributed by atoms with Gasteiger partial charge < -0.3 is 19.7 Å². The molecule has 1 N–H and O–H groups in total. The van der Waals surface area contributed by atoms with Gasteiger partial charge in [-0.05, 0) is 36.4 Å². The number of hydrogen-bond donors (Lipinski definition) is 1. The van der Waals surface area contributed by atoms with Crippen LogP contribution in [0.1, 0.15) is 6.42 Å². The lowest BCUT2D eigenvalue weighted by Gasteiger charge is -2.23. The van der Waals surface area contributed by atoms with Crippen molar-refractivity contribution in [3.05, 3.63) is 60.4 Å². The molecular weight excluding hydrogens is 351 g/mol. The van der Waals surface area contributed by atoms with Gasteiger partial charge in [0.2, 0.25) is 5.91 Å². The van der Waals surface area contributed by atoms with Gasteiger partial charge >= 0.3 is 0 Å². The molecule has 6 nitrogen and oxygen atoms in total. The molecule has 1 saturated heterocycles. The Hall–Kier alpha value is -3.09. The van der Waals surface area contributed by atoms with E-state index in [1.165, 1.54) is 36.2 Å². The van der Waals surface area contributed by atoms with Gasteiger partial charge in [0.05, 0.1) is 6.54 Å². The van der Waals surface area contributed by atoms with E-state index >= 15 is 0 Å². The van der Waals surface area contributed by atoms with Crippen molar-refractivity contribution in [2.45, 2.75) is 18.6 Å². The molecule has 3 rings (SSSR count). The smallest absolute Gasteiger partial charge is 0.261 e. The summed E-state index contributed by atoms with van der Waals surface area (Å²) in [7, 11) is 1.53.